The zero-order chi connectivity index (χ0) is 33.1. The average molecular weight is 668 g/mol. The molecular weight excluding hydrogens is 625 g/mol. The quantitative estimate of drug-likeness (QED) is 0.111. The molecule has 16 heteroatoms. The summed E-state index contributed by atoms with van der Waals surface area (Å²) in [5, 5.41) is 0. The van der Waals surface area contributed by atoms with Crippen LogP contribution in [0.25, 0.3) is 4.85 Å². The van der Waals surface area contributed by atoms with Gasteiger partial charge >= 0.3 is 11.7 Å². The molecule has 1 aliphatic rings. The van der Waals surface area contributed by atoms with Gasteiger partial charge in [0.25, 0.3) is 14.1 Å². The molecule has 3 rings (SSSR count). The number of esters is 1. The molecule has 2 heterocycles. The van der Waals surface area contributed by atoms with Gasteiger partial charge in [0.2, 0.25) is 16.6 Å². The van der Waals surface area contributed by atoms with Crippen LogP contribution in [0, 0.1) is 6.57 Å². The summed E-state index contributed by atoms with van der Waals surface area (Å²) in [4.78, 5) is 43.4. The van der Waals surface area contributed by atoms with E-state index in [1.54, 1.807) is 18.2 Å². The second-order valence-corrected chi connectivity index (χ2v) is 14.0. The number of aromatic nitrogens is 2. The number of carbonyl (C=O) groups is 1. The van der Waals surface area contributed by atoms with Gasteiger partial charge in [-0.05, 0) is 52.7 Å². The van der Waals surface area contributed by atoms with E-state index in [-0.39, 0.29) is 49.5 Å². The Morgan fingerprint density at radius 1 is 1.16 bits per heavy atom. The average Bonchev–Trinajstić information content (AvgIpc) is 3.31. The molecule has 5 atom stereocenters. The first-order chi connectivity index (χ1) is 21.4. The molecule has 1 saturated heterocycles. The molecule has 0 amide bonds. The number of nitrogens with zero attached hydrogens (tertiary/aromatic N) is 3. The normalized spacial score (nSPS) is 20.9. The van der Waals surface area contributed by atoms with Crippen molar-refractivity contribution in [3.63, 3.8) is 0 Å². The molecule has 0 radical (unpaired) electrons. The Morgan fingerprint density at radius 3 is 2.44 bits per heavy atom. The van der Waals surface area contributed by atoms with Crippen molar-refractivity contribution >= 4 is 24.5 Å². The predicted molar refractivity (Wildman–Crippen MR) is 168 cm³/mol. The highest BCUT2D eigenvalue weighted by Gasteiger charge is 2.50. The minimum atomic E-state index is -3.74. The Bertz CT molecular complexity index is 1500. The molecule has 1 aromatic heterocycles. The molecule has 2 aromatic rings. The lowest BCUT2D eigenvalue weighted by atomic mass is 10.1. The van der Waals surface area contributed by atoms with E-state index < -0.39 is 60.3 Å². The minimum absolute atomic E-state index is 0.00438. The molecular formula is C29H42N5O9PS. The van der Waals surface area contributed by atoms with E-state index in [0.29, 0.717) is 6.42 Å². The third kappa shape index (κ3) is 10.0. The maximum absolute atomic E-state index is 13.2. The monoisotopic (exact) mass is 667 g/mol. The Hall–Kier alpha value is -2.96. The summed E-state index contributed by atoms with van der Waals surface area (Å²) in [6.07, 6.45) is -2.04. The Morgan fingerprint density at radius 2 is 1.84 bits per heavy atom. The number of nitrogens with one attached hydrogen (secondary N) is 2. The van der Waals surface area contributed by atoms with Crippen LogP contribution in [0.3, 0.4) is 0 Å². The number of aromatic amines is 1. The zero-order valence-electron chi connectivity index (χ0n) is 26.1. The van der Waals surface area contributed by atoms with Crippen LogP contribution >= 0.6 is 8.53 Å². The zero-order valence-corrected chi connectivity index (χ0v) is 27.8. The van der Waals surface area contributed by atoms with Crippen molar-refractivity contribution < 1.29 is 31.7 Å². The SMILES string of the molecule is [C-]#[N+]CCOP(OC1[C@@H](CC)O[C@@H](n2ccc(=O)[nH]c2=O)[C@H]1OC(=O)CCCNS(=O)(=O)c1ccccc1)N(C(C)C)C(C)C. The molecule has 14 nitrogen and oxygen atoms in total. The number of rotatable bonds is 17. The molecule has 1 fully saturated rings. The van der Waals surface area contributed by atoms with Crippen LogP contribution in [0.1, 0.15) is 60.1 Å². The second kappa shape index (κ2) is 17.1. The van der Waals surface area contributed by atoms with Crippen molar-refractivity contribution in [3.8, 4) is 0 Å². The van der Waals surface area contributed by atoms with E-state index in [9.17, 15) is 22.8 Å². The van der Waals surface area contributed by atoms with Crippen molar-refractivity contribution in [3.05, 3.63) is 74.9 Å². The first-order valence-electron chi connectivity index (χ1n) is 14.8. The number of hydrogen-bond donors (Lipinski definition) is 2. The van der Waals surface area contributed by atoms with Crippen molar-refractivity contribution in [2.24, 2.45) is 0 Å². The van der Waals surface area contributed by atoms with E-state index in [1.807, 2.05) is 39.3 Å². The van der Waals surface area contributed by atoms with Gasteiger partial charge in [0.05, 0.1) is 11.0 Å². The summed E-state index contributed by atoms with van der Waals surface area (Å²) in [6.45, 7) is 17.2. The predicted octanol–water partition coefficient (Wildman–Crippen LogP) is 3.18. The van der Waals surface area contributed by atoms with E-state index in [2.05, 4.69) is 14.6 Å². The number of carbonyl (C=O) groups excluding carboxylic acids is 1. The minimum Gasteiger partial charge on any atom is -0.455 e. The fourth-order valence-electron chi connectivity index (χ4n) is 4.87. The lowest BCUT2D eigenvalue weighted by Crippen LogP contribution is -2.42. The van der Waals surface area contributed by atoms with Gasteiger partial charge in [0, 0.05) is 37.3 Å². The molecule has 0 aliphatic carbocycles. The van der Waals surface area contributed by atoms with Crippen molar-refractivity contribution in [1.29, 1.82) is 0 Å². The Balaban J connectivity index is 1.85. The topological polar surface area (TPSA) is 163 Å². The Labute approximate surface area is 264 Å². The van der Waals surface area contributed by atoms with E-state index >= 15 is 0 Å². The van der Waals surface area contributed by atoms with Crippen LogP contribution in [0.4, 0.5) is 0 Å². The summed E-state index contributed by atoms with van der Waals surface area (Å²) in [6, 6.07) is 9.06. The fraction of sp³-hybridized carbons (Fsp3) is 0.586. The summed E-state index contributed by atoms with van der Waals surface area (Å²) in [5.41, 5.74) is -1.34. The van der Waals surface area contributed by atoms with Crippen molar-refractivity contribution in [2.75, 3.05) is 19.7 Å². The van der Waals surface area contributed by atoms with Gasteiger partial charge in [-0.1, -0.05) is 25.1 Å². The molecule has 0 saturated carbocycles. The Kier molecular flexibility index (Phi) is 13.9. The lowest BCUT2D eigenvalue weighted by Gasteiger charge is -2.38. The second-order valence-electron chi connectivity index (χ2n) is 10.8. The van der Waals surface area contributed by atoms with Crippen LogP contribution in [-0.4, -0.2) is 78.7 Å². The highest BCUT2D eigenvalue weighted by Crippen LogP contribution is 2.50. The van der Waals surface area contributed by atoms with Crippen LogP contribution in [-0.2, 0) is 33.3 Å². The molecule has 45 heavy (non-hydrogen) atoms. The number of sulfonamides is 1. The maximum Gasteiger partial charge on any atom is 0.330 e. The molecule has 2 N–H and O–H groups in total. The van der Waals surface area contributed by atoms with E-state index in [4.69, 9.17) is 25.1 Å². The van der Waals surface area contributed by atoms with Gasteiger partial charge in [-0.15, -0.1) is 0 Å². The van der Waals surface area contributed by atoms with Crippen LogP contribution < -0.4 is 16.0 Å². The van der Waals surface area contributed by atoms with Crippen LogP contribution in [0.2, 0.25) is 0 Å². The highest BCUT2D eigenvalue weighted by atomic mass is 32.2. The third-order valence-electron chi connectivity index (χ3n) is 6.85. The molecule has 248 valence electrons. The lowest BCUT2D eigenvalue weighted by molar-refractivity contribution is -0.158. The van der Waals surface area contributed by atoms with Gasteiger partial charge in [-0.2, -0.15) is 0 Å². The standard InChI is InChI=1S/C29H42N5O9PS/c1-7-23-26(43-44(40-19-17-30-6)34(20(2)3)21(4)5)27(28(41-23)33-18-15-24(35)32-29(33)37)42-25(36)14-11-16-31-45(38,39)22-12-9-8-10-13-22/h8-10,12-13,15,18,20-21,23,26-28,31H,7,11,14,16-17,19H2,1-5H3,(H,32,35,37)/t23-,26?,27+,28-,44?/m1/s1. The highest BCUT2D eigenvalue weighted by molar-refractivity contribution is 7.89. The summed E-state index contributed by atoms with van der Waals surface area (Å²) < 4.78 is 55.5. The molecule has 0 spiro atoms. The number of hydrogen-bond acceptors (Lipinski definition) is 10. The van der Waals surface area contributed by atoms with Crippen LogP contribution in [0.15, 0.2) is 57.1 Å². The largest absolute Gasteiger partial charge is 0.455 e. The summed E-state index contributed by atoms with van der Waals surface area (Å²) in [7, 11) is -5.51. The van der Waals surface area contributed by atoms with Crippen molar-refractivity contribution in [1.82, 2.24) is 18.9 Å². The van der Waals surface area contributed by atoms with Gasteiger partial charge in [0.1, 0.15) is 12.7 Å². The first-order valence-corrected chi connectivity index (χ1v) is 17.4. The van der Waals surface area contributed by atoms with E-state index in [1.165, 1.54) is 18.3 Å². The molecule has 1 aliphatic heterocycles. The molecule has 2 unspecified atom stereocenters. The summed E-state index contributed by atoms with van der Waals surface area (Å²) >= 11 is 0. The van der Waals surface area contributed by atoms with Gasteiger partial charge in [-0.3, -0.25) is 19.1 Å². The van der Waals surface area contributed by atoms with Gasteiger partial charge < -0.3 is 23.4 Å². The van der Waals surface area contributed by atoms with Crippen molar-refractivity contribution in [2.45, 2.75) is 95.4 Å². The fourth-order valence-corrected chi connectivity index (χ4v) is 7.72. The van der Waals surface area contributed by atoms with Gasteiger partial charge in [-0.25, -0.2) is 29.2 Å². The smallest absolute Gasteiger partial charge is 0.330 e. The third-order valence-corrected chi connectivity index (χ3v) is 10.5. The number of benzene rings is 1. The molecule has 1 aromatic carbocycles. The number of H-pyrrole nitrogens is 1. The van der Waals surface area contributed by atoms with Gasteiger partial charge in [0.15, 0.2) is 12.3 Å². The summed E-state index contributed by atoms with van der Waals surface area (Å²) in [5.74, 6) is -0.654. The number of ether oxygens (including phenoxy) is 2. The first kappa shape index (κ1) is 36.5. The van der Waals surface area contributed by atoms with Crippen LogP contribution in [0.5, 0.6) is 0 Å². The molecule has 0 bridgehead atoms. The van der Waals surface area contributed by atoms with E-state index in [0.717, 1.165) is 10.6 Å². The maximum atomic E-state index is 13.2.